The molecule has 108 valence electrons. The van der Waals surface area contributed by atoms with E-state index in [4.69, 9.17) is 9.05 Å². The predicted octanol–water partition coefficient (Wildman–Crippen LogP) is 4.42. The van der Waals surface area contributed by atoms with Crippen LogP contribution in [0.25, 0.3) is 0 Å². The van der Waals surface area contributed by atoms with Crippen LogP contribution in [0.2, 0.25) is 0 Å². The Bertz CT molecular complexity index is 225. The molecule has 18 heavy (non-hydrogen) atoms. The topological polar surface area (TPSA) is 55.8 Å². The van der Waals surface area contributed by atoms with Crippen LogP contribution in [-0.4, -0.2) is 18.1 Å². The lowest BCUT2D eigenvalue weighted by atomic mass is 10.1. The molecule has 5 heteroatoms. The van der Waals surface area contributed by atoms with E-state index in [0.29, 0.717) is 13.2 Å². The van der Waals surface area contributed by atoms with Crippen LogP contribution in [0, 0.1) is 0 Å². The first-order valence-corrected chi connectivity index (χ1v) is 8.82. The molecule has 0 aromatic carbocycles. The molecule has 1 heterocycles. The number of phosphoric acid groups is 1. The maximum absolute atomic E-state index is 11.5. The van der Waals surface area contributed by atoms with E-state index in [9.17, 15) is 9.46 Å². The molecule has 1 aliphatic rings. The molecule has 4 nitrogen and oxygen atoms in total. The lowest BCUT2D eigenvalue weighted by Crippen LogP contribution is -1.99. The molecule has 0 aliphatic carbocycles. The molecule has 0 spiro atoms. The van der Waals surface area contributed by atoms with Crippen LogP contribution >= 0.6 is 7.82 Å². The Labute approximate surface area is 111 Å². The molecule has 0 unspecified atom stereocenters. The Kier molecular flexibility index (Phi) is 8.95. The second-order valence-electron chi connectivity index (χ2n) is 5.02. The van der Waals surface area contributed by atoms with Crippen molar-refractivity contribution in [2.75, 3.05) is 13.2 Å². The minimum absolute atomic E-state index is 0.327. The van der Waals surface area contributed by atoms with E-state index in [-0.39, 0.29) is 0 Å². The van der Waals surface area contributed by atoms with Crippen molar-refractivity contribution in [2.24, 2.45) is 0 Å². The molecule has 0 aromatic rings. The lowest BCUT2D eigenvalue weighted by molar-refractivity contribution is 0.145. The Morgan fingerprint density at radius 1 is 0.611 bits per heavy atom. The van der Waals surface area contributed by atoms with Crippen molar-refractivity contribution in [3.63, 3.8) is 0 Å². The molecule has 0 amide bonds. The fourth-order valence-corrected chi connectivity index (χ4v) is 2.99. The Hall–Kier alpha value is 0.110. The maximum atomic E-state index is 11.5. The zero-order valence-electron chi connectivity index (χ0n) is 11.3. The van der Waals surface area contributed by atoms with Gasteiger partial charge in [0.05, 0.1) is 13.2 Å². The molecule has 0 aromatic heterocycles. The highest BCUT2D eigenvalue weighted by molar-refractivity contribution is 7.47. The van der Waals surface area contributed by atoms with Gasteiger partial charge in [0.2, 0.25) is 0 Å². The van der Waals surface area contributed by atoms with Gasteiger partial charge >= 0.3 is 7.82 Å². The van der Waals surface area contributed by atoms with E-state index < -0.39 is 7.82 Å². The van der Waals surface area contributed by atoms with Crippen molar-refractivity contribution >= 4 is 7.82 Å². The highest BCUT2D eigenvalue weighted by atomic mass is 31.2. The molecule has 1 saturated heterocycles. The van der Waals surface area contributed by atoms with Gasteiger partial charge in [-0.05, 0) is 12.8 Å². The normalized spacial score (nSPS) is 25.6. The first-order valence-electron chi connectivity index (χ1n) is 7.33. The van der Waals surface area contributed by atoms with Crippen LogP contribution in [-0.2, 0) is 13.6 Å². The fraction of sp³-hybridized carbons (Fsp3) is 1.00. The zero-order valence-corrected chi connectivity index (χ0v) is 12.2. The average molecular weight is 278 g/mol. The van der Waals surface area contributed by atoms with Crippen molar-refractivity contribution in [3.05, 3.63) is 0 Å². The Balaban J connectivity index is 2.22. The smallest absolute Gasteiger partial charge is 0.302 e. The lowest BCUT2D eigenvalue weighted by Gasteiger charge is -2.12. The molecule has 0 atom stereocenters. The summed E-state index contributed by atoms with van der Waals surface area (Å²) in [5.41, 5.74) is 0. The summed E-state index contributed by atoms with van der Waals surface area (Å²) in [7, 11) is -3.78. The minimum atomic E-state index is -3.78. The summed E-state index contributed by atoms with van der Waals surface area (Å²) in [5, 5.41) is 0. The van der Waals surface area contributed by atoms with Crippen LogP contribution in [0.15, 0.2) is 0 Å². The average Bonchev–Trinajstić information content (AvgIpc) is 2.32. The van der Waals surface area contributed by atoms with Crippen molar-refractivity contribution < 1.29 is 18.5 Å². The van der Waals surface area contributed by atoms with E-state index in [1.165, 1.54) is 44.9 Å². The maximum Gasteiger partial charge on any atom is 0.472 e. The quantitative estimate of drug-likeness (QED) is 0.666. The van der Waals surface area contributed by atoms with Crippen LogP contribution in [0.4, 0.5) is 0 Å². The summed E-state index contributed by atoms with van der Waals surface area (Å²) in [6.45, 7) is 0.654. The van der Waals surface area contributed by atoms with Gasteiger partial charge in [-0.25, -0.2) is 4.57 Å². The largest absolute Gasteiger partial charge is 0.472 e. The Morgan fingerprint density at radius 2 is 0.889 bits per heavy atom. The summed E-state index contributed by atoms with van der Waals surface area (Å²) in [4.78, 5) is 9.40. The second kappa shape index (κ2) is 9.96. The standard InChI is InChI=1S/C13H27O4P/c14-18(15)16-12-10-8-6-4-2-1-3-5-7-9-11-13-17-18/h1-13H2,(H,14,15). The Morgan fingerprint density at radius 3 is 1.22 bits per heavy atom. The molecular weight excluding hydrogens is 251 g/mol. The van der Waals surface area contributed by atoms with Gasteiger partial charge in [0.1, 0.15) is 0 Å². The molecule has 1 aliphatic heterocycles. The highest BCUT2D eigenvalue weighted by Crippen LogP contribution is 2.43. The fourth-order valence-electron chi connectivity index (χ4n) is 2.19. The van der Waals surface area contributed by atoms with Gasteiger partial charge < -0.3 is 4.89 Å². The van der Waals surface area contributed by atoms with Gasteiger partial charge in [-0.15, -0.1) is 0 Å². The summed E-state index contributed by atoms with van der Waals surface area (Å²) >= 11 is 0. The molecule has 1 rings (SSSR count). The number of hydrogen-bond acceptors (Lipinski definition) is 3. The molecule has 0 bridgehead atoms. The number of phosphoric ester groups is 1. The third-order valence-corrected chi connectivity index (χ3v) is 4.32. The predicted molar refractivity (Wildman–Crippen MR) is 72.5 cm³/mol. The summed E-state index contributed by atoms with van der Waals surface area (Å²) in [6.07, 6.45) is 12.7. The molecule has 0 saturated carbocycles. The molecule has 0 radical (unpaired) electrons. The van der Waals surface area contributed by atoms with Gasteiger partial charge in [0.25, 0.3) is 0 Å². The van der Waals surface area contributed by atoms with Gasteiger partial charge in [-0.2, -0.15) is 0 Å². The number of rotatable bonds is 0. The zero-order chi connectivity index (χ0) is 13.1. The monoisotopic (exact) mass is 278 g/mol. The van der Waals surface area contributed by atoms with E-state index in [1.54, 1.807) is 0 Å². The van der Waals surface area contributed by atoms with E-state index in [1.807, 2.05) is 0 Å². The van der Waals surface area contributed by atoms with Gasteiger partial charge in [0, 0.05) is 0 Å². The van der Waals surface area contributed by atoms with Gasteiger partial charge in [0.15, 0.2) is 0 Å². The van der Waals surface area contributed by atoms with Crippen LogP contribution in [0.3, 0.4) is 0 Å². The van der Waals surface area contributed by atoms with Crippen LogP contribution in [0.5, 0.6) is 0 Å². The molecule has 1 fully saturated rings. The summed E-state index contributed by atoms with van der Waals surface area (Å²) < 4.78 is 21.3. The first kappa shape index (κ1) is 16.2. The number of hydrogen-bond donors (Lipinski definition) is 1. The van der Waals surface area contributed by atoms with Crippen molar-refractivity contribution in [1.82, 2.24) is 0 Å². The van der Waals surface area contributed by atoms with Crippen LogP contribution < -0.4 is 0 Å². The first-order chi connectivity index (χ1) is 8.71. The third-order valence-electron chi connectivity index (χ3n) is 3.30. The van der Waals surface area contributed by atoms with Gasteiger partial charge in [-0.3, -0.25) is 9.05 Å². The van der Waals surface area contributed by atoms with E-state index in [0.717, 1.165) is 25.7 Å². The highest BCUT2D eigenvalue weighted by Gasteiger charge is 2.19. The van der Waals surface area contributed by atoms with E-state index in [2.05, 4.69) is 0 Å². The van der Waals surface area contributed by atoms with E-state index >= 15 is 0 Å². The van der Waals surface area contributed by atoms with Crippen molar-refractivity contribution in [1.29, 1.82) is 0 Å². The second-order valence-corrected chi connectivity index (χ2v) is 6.48. The SMILES string of the molecule is O=P1(O)OCCCCCCCCCCCCCO1. The minimum Gasteiger partial charge on any atom is -0.302 e. The van der Waals surface area contributed by atoms with Crippen molar-refractivity contribution in [3.8, 4) is 0 Å². The molecule has 1 N–H and O–H groups in total. The van der Waals surface area contributed by atoms with Crippen LogP contribution in [0.1, 0.15) is 70.6 Å². The van der Waals surface area contributed by atoms with Gasteiger partial charge in [-0.1, -0.05) is 57.8 Å². The summed E-state index contributed by atoms with van der Waals surface area (Å²) in [6, 6.07) is 0. The molecular formula is C13H27O4P. The third kappa shape index (κ3) is 9.09. The van der Waals surface area contributed by atoms with Crippen molar-refractivity contribution in [2.45, 2.75) is 70.6 Å². The summed E-state index contributed by atoms with van der Waals surface area (Å²) in [5.74, 6) is 0.